The quantitative estimate of drug-likeness (QED) is 0.123. The predicted octanol–water partition coefficient (Wildman–Crippen LogP) is -1.36. The molecule has 4 N–H and O–H groups in total. The summed E-state index contributed by atoms with van der Waals surface area (Å²) in [5, 5.41) is 24.9. The molecule has 3 aromatic heterocycles. The van der Waals surface area contributed by atoms with Crippen LogP contribution in [0.5, 0.6) is 0 Å². The average molecular weight is 556 g/mol. The zero-order chi connectivity index (χ0) is 26.8. The number of rotatable bonds is 9. The van der Waals surface area contributed by atoms with Gasteiger partial charge in [0.05, 0.1) is 17.4 Å². The van der Waals surface area contributed by atoms with Gasteiger partial charge in [0.2, 0.25) is 11.5 Å². The number of carboxylic acid groups (broad SMARTS) is 1. The molecule has 0 bridgehead atoms. The fourth-order valence-corrected chi connectivity index (χ4v) is 5.79. The number of hydrogen-bond acceptors (Lipinski definition) is 12. The summed E-state index contributed by atoms with van der Waals surface area (Å²) in [5.41, 5.74) is 7.38. The first-order valence-corrected chi connectivity index (χ1v) is 13.2. The van der Waals surface area contributed by atoms with Crippen LogP contribution in [0.25, 0.3) is 11.3 Å². The number of carbonyl (C=O) groups is 3. The zero-order valence-corrected chi connectivity index (χ0v) is 21.5. The van der Waals surface area contributed by atoms with Gasteiger partial charge in [0.25, 0.3) is 11.8 Å². The number of fused-ring (bicyclic) bond motifs is 1. The van der Waals surface area contributed by atoms with Crippen molar-refractivity contribution in [1.29, 1.82) is 0 Å². The van der Waals surface area contributed by atoms with Crippen molar-refractivity contribution in [3.8, 4) is 11.3 Å². The average Bonchev–Trinajstić information content (AvgIpc) is 3.60. The van der Waals surface area contributed by atoms with Gasteiger partial charge in [-0.05, 0) is 13.0 Å². The number of amides is 2. The van der Waals surface area contributed by atoms with E-state index in [1.54, 1.807) is 25.5 Å². The molecule has 1 fully saturated rings. The van der Waals surface area contributed by atoms with Crippen LogP contribution in [0.1, 0.15) is 12.7 Å². The number of thioether (sulfide) groups is 1. The van der Waals surface area contributed by atoms with Gasteiger partial charge in [0.1, 0.15) is 18.0 Å². The third-order valence-electron chi connectivity index (χ3n) is 5.74. The molecule has 2 aliphatic heterocycles. The molecule has 5 heterocycles. The van der Waals surface area contributed by atoms with Crippen molar-refractivity contribution in [2.45, 2.75) is 24.9 Å². The number of H-pyrrole nitrogens is 1. The molecule has 1 saturated heterocycles. The molecule has 0 aliphatic carbocycles. The molecule has 0 radical (unpaired) electrons. The van der Waals surface area contributed by atoms with E-state index in [1.165, 1.54) is 11.8 Å². The van der Waals surface area contributed by atoms with Crippen molar-refractivity contribution < 1.29 is 28.9 Å². The maximum Gasteiger partial charge on any atom is 0.278 e. The predicted molar refractivity (Wildman–Crippen MR) is 134 cm³/mol. The molecule has 196 valence electrons. The Morgan fingerprint density at radius 3 is 2.79 bits per heavy atom. The highest BCUT2D eigenvalue weighted by Crippen LogP contribution is 2.40. The Bertz CT molecular complexity index is 1440. The largest absolute Gasteiger partial charge is 0.543 e. The molecule has 2 amide bonds. The summed E-state index contributed by atoms with van der Waals surface area (Å²) < 4.78 is 5.79. The van der Waals surface area contributed by atoms with Gasteiger partial charge in [0, 0.05) is 46.8 Å². The van der Waals surface area contributed by atoms with E-state index < -0.39 is 29.2 Å². The lowest BCUT2D eigenvalue weighted by Crippen LogP contribution is -2.71. The second-order valence-corrected chi connectivity index (χ2v) is 10.0. The Kier molecular flexibility index (Phi) is 7.06. The van der Waals surface area contributed by atoms with Crippen molar-refractivity contribution in [2.75, 3.05) is 18.1 Å². The number of carboxylic acids is 1. The van der Waals surface area contributed by atoms with Crippen LogP contribution in [0, 0.1) is 0 Å². The fourth-order valence-electron chi connectivity index (χ4n) is 4.02. The van der Waals surface area contributed by atoms with Gasteiger partial charge in [-0.2, -0.15) is 14.5 Å². The molecule has 0 unspecified atom stereocenters. The number of nitrogens with two attached hydrogens (primary N) is 1. The van der Waals surface area contributed by atoms with E-state index in [4.69, 9.17) is 10.6 Å². The van der Waals surface area contributed by atoms with Crippen LogP contribution in [-0.4, -0.2) is 71.7 Å². The summed E-state index contributed by atoms with van der Waals surface area (Å²) in [4.78, 5) is 48.2. The van der Waals surface area contributed by atoms with E-state index in [0.717, 1.165) is 27.7 Å². The highest BCUT2D eigenvalue weighted by atomic mass is 32.2. The lowest BCUT2D eigenvalue weighted by Gasteiger charge is -2.50. The number of pyridine rings is 1. The third kappa shape index (κ3) is 4.82. The first-order chi connectivity index (χ1) is 18.4. The molecule has 0 saturated carbocycles. The number of anilines is 1. The number of carbonyl (C=O) groups excluding carboxylic acids is 3. The smallest absolute Gasteiger partial charge is 0.278 e. The van der Waals surface area contributed by atoms with E-state index in [1.807, 2.05) is 22.8 Å². The molecular weight excluding hydrogens is 534 g/mol. The van der Waals surface area contributed by atoms with Crippen molar-refractivity contribution in [2.24, 2.45) is 5.16 Å². The lowest BCUT2D eigenvalue weighted by atomic mass is 10.0. The summed E-state index contributed by atoms with van der Waals surface area (Å²) in [6, 6.07) is 4.58. The Labute approximate surface area is 223 Å². The molecular formula is C22H21N9O5S2. The van der Waals surface area contributed by atoms with Crippen LogP contribution >= 0.6 is 23.3 Å². The monoisotopic (exact) mass is 555 g/mol. The fraction of sp³-hybridized carbons (Fsp3) is 0.273. The maximum absolute atomic E-state index is 13.0. The van der Waals surface area contributed by atoms with Crippen LogP contribution in [0.3, 0.4) is 0 Å². The number of nitrogens with zero attached hydrogens (tertiary/aromatic N) is 6. The molecule has 38 heavy (non-hydrogen) atoms. The number of β-lactam (4-membered cyclic amide) rings is 1. The van der Waals surface area contributed by atoms with Crippen molar-refractivity contribution in [3.63, 3.8) is 0 Å². The van der Waals surface area contributed by atoms with E-state index in [2.05, 4.69) is 30.0 Å². The highest BCUT2D eigenvalue weighted by molar-refractivity contribution is 8.00. The number of aromatic amines is 1. The first kappa shape index (κ1) is 25.3. The Balaban J connectivity index is 1.32. The molecule has 5 rings (SSSR count). The van der Waals surface area contributed by atoms with E-state index in [-0.39, 0.29) is 35.5 Å². The van der Waals surface area contributed by atoms with Crippen LogP contribution in [0.4, 0.5) is 5.13 Å². The Hall–Kier alpha value is -4.31. The van der Waals surface area contributed by atoms with Gasteiger partial charge in [-0.25, -0.2) is 4.57 Å². The number of nitrogens with one attached hydrogen (secondary N) is 2. The van der Waals surface area contributed by atoms with Gasteiger partial charge in [-0.3, -0.25) is 19.6 Å². The maximum atomic E-state index is 13.0. The number of aromatic nitrogens is 5. The SMILES string of the molecule is CCO/N=C(/C(=O)N[C@@H]1C(=O)N2C(C(=O)[O-])=C(C[n+]3ccc(-c4cc[nH]n4)cc3)CS[C@H]12)c1nsc(N)n1. The summed E-state index contributed by atoms with van der Waals surface area (Å²) in [6.45, 7) is 2.12. The number of oxime groups is 1. The van der Waals surface area contributed by atoms with E-state index in [9.17, 15) is 19.5 Å². The normalized spacial score (nSPS) is 19.1. The Morgan fingerprint density at radius 1 is 1.37 bits per heavy atom. The van der Waals surface area contributed by atoms with E-state index in [0.29, 0.717) is 11.3 Å². The molecule has 16 heteroatoms. The second kappa shape index (κ2) is 10.6. The molecule has 0 aromatic carbocycles. The minimum Gasteiger partial charge on any atom is -0.543 e. The Morgan fingerprint density at radius 2 is 2.16 bits per heavy atom. The standard InChI is InChI=1S/C22H21N9O5S2/c1-2-36-28-14(17-26-22(23)38-29-17)18(32)25-15-19(33)31-16(21(34)35)12(10-37-20(15)31)9-30-7-4-11(5-8-30)13-3-6-24-27-13/h3-8,15,20H,2,9-10H2,1H3,(H4,23,25,26,29,32,34,35)/b28-14+/t15-,20-/m1/s1. The van der Waals surface area contributed by atoms with Crippen molar-refractivity contribution in [3.05, 3.63) is 53.9 Å². The summed E-state index contributed by atoms with van der Waals surface area (Å²) in [6.07, 6.45) is 5.33. The molecule has 3 aromatic rings. The topological polar surface area (TPSA) is 195 Å². The molecule has 0 spiro atoms. The van der Waals surface area contributed by atoms with Crippen molar-refractivity contribution >= 4 is 51.9 Å². The van der Waals surface area contributed by atoms with Crippen LogP contribution in [0.2, 0.25) is 0 Å². The summed E-state index contributed by atoms with van der Waals surface area (Å²) in [5.74, 6) is -2.49. The van der Waals surface area contributed by atoms with Crippen molar-refractivity contribution in [1.82, 2.24) is 29.8 Å². The first-order valence-electron chi connectivity index (χ1n) is 11.3. The number of aliphatic carboxylic acids is 1. The number of hydrogen-bond donors (Lipinski definition) is 3. The minimum absolute atomic E-state index is 0.0358. The minimum atomic E-state index is -1.46. The van der Waals surface area contributed by atoms with Crippen LogP contribution < -0.4 is 20.7 Å². The van der Waals surface area contributed by atoms with Gasteiger partial charge in [0.15, 0.2) is 24.1 Å². The van der Waals surface area contributed by atoms with Gasteiger partial charge in [-0.15, -0.1) is 11.8 Å². The van der Waals surface area contributed by atoms with Gasteiger partial charge >= 0.3 is 0 Å². The third-order valence-corrected chi connectivity index (χ3v) is 7.62. The second-order valence-electron chi connectivity index (χ2n) is 8.13. The zero-order valence-electron chi connectivity index (χ0n) is 19.9. The molecule has 2 aliphatic rings. The summed E-state index contributed by atoms with van der Waals surface area (Å²) >= 11 is 2.22. The van der Waals surface area contributed by atoms with Crippen LogP contribution in [-0.2, 0) is 25.8 Å². The highest BCUT2D eigenvalue weighted by Gasteiger charge is 2.53. The molecule has 2 atom stereocenters. The molecule has 14 nitrogen and oxygen atoms in total. The van der Waals surface area contributed by atoms with Crippen LogP contribution in [0.15, 0.2) is 53.2 Å². The lowest BCUT2D eigenvalue weighted by molar-refractivity contribution is -0.689. The van der Waals surface area contributed by atoms with E-state index >= 15 is 0 Å². The van der Waals surface area contributed by atoms with Gasteiger partial charge < -0.3 is 25.8 Å². The summed E-state index contributed by atoms with van der Waals surface area (Å²) in [7, 11) is 0. The number of nitrogen functional groups attached to an aromatic ring is 1. The van der Waals surface area contributed by atoms with Gasteiger partial charge in [-0.1, -0.05) is 5.16 Å².